The summed E-state index contributed by atoms with van der Waals surface area (Å²) >= 11 is 0. The van der Waals surface area contributed by atoms with Crippen LogP contribution in [0.2, 0.25) is 0 Å². The summed E-state index contributed by atoms with van der Waals surface area (Å²) in [7, 11) is 0. The standard InChI is InChI=1S/C22H24F4N2/c1-13(27)17-11-28(12-21(2,3)4)20-10-15(19(23)9-16(17)20)14-7-5-6-8-18(14)22(24,25)26/h5-11,13H,12,27H2,1-4H3/t13-/m1/s1. The van der Waals surface area contributed by atoms with E-state index < -0.39 is 17.6 Å². The van der Waals surface area contributed by atoms with E-state index in [4.69, 9.17) is 5.73 Å². The van der Waals surface area contributed by atoms with Gasteiger partial charge in [-0.1, -0.05) is 39.0 Å². The van der Waals surface area contributed by atoms with Gasteiger partial charge in [-0.3, -0.25) is 0 Å². The molecule has 2 nitrogen and oxygen atoms in total. The summed E-state index contributed by atoms with van der Waals surface area (Å²) in [6, 6.07) is 7.55. The number of alkyl halides is 3. The van der Waals surface area contributed by atoms with E-state index in [1.165, 1.54) is 30.3 Å². The predicted octanol–water partition coefficient (Wildman–Crippen LogP) is 6.53. The summed E-state index contributed by atoms with van der Waals surface area (Å²) in [5.74, 6) is -0.695. The molecule has 0 radical (unpaired) electrons. The van der Waals surface area contributed by atoms with E-state index in [2.05, 4.69) is 20.8 Å². The van der Waals surface area contributed by atoms with Crippen molar-refractivity contribution < 1.29 is 17.6 Å². The van der Waals surface area contributed by atoms with Gasteiger partial charge in [-0.15, -0.1) is 0 Å². The monoisotopic (exact) mass is 392 g/mol. The third-order valence-electron chi connectivity index (χ3n) is 4.66. The van der Waals surface area contributed by atoms with Crippen LogP contribution in [-0.2, 0) is 12.7 Å². The Morgan fingerprint density at radius 1 is 1.04 bits per heavy atom. The van der Waals surface area contributed by atoms with Gasteiger partial charge in [0.05, 0.1) is 5.56 Å². The van der Waals surface area contributed by atoms with Crippen LogP contribution in [0.25, 0.3) is 22.0 Å². The highest BCUT2D eigenvalue weighted by molar-refractivity contribution is 5.89. The van der Waals surface area contributed by atoms with Gasteiger partial charge < -0.3 is 10.3 Å². The van der Waals surface area contributed by atoms with Crippen molar-refractivity contribution in [2.45, 2.75) is 46.5 Å². The van der Waals surface area contributed by atoms with E-state index in [9.17, 15) is 17.6 Å². The molecule has 0 saturated heterocycles. The van der Waals surface area contributed by atoms with E-state index in [1.54, 1.807) is 6.92 Å². The maximum Gasteiger partial charge on any atom is 0.417 e. The average molecular weight is 392 g/mol. The molecule has 0 fully saturated rings. The summed E-state index contributed by atoms with van der Waals surface area (Å²) < 4.78 is 57.2. The first-order valence-electron chi connectivity index (χ1n) is 9.13. The Kier molecular flexibility index (Phi) is 5.04. The lowest BCUT2D eigenvalue weighted by molar-refractivity contribution is -0.137. The van der Waals surface area contributed by atoms with Crippen LogP contribution in [0.4, 0.5) is 17.6 Å². The molecule has 150 valence electrons. The number of fused-ring (bicyclic) bond motifs is 1. The molecule has 0 aliphatic carbocycles. The van der Waals surface area contributed by atoms with Crippen LogP contribution in [0.15, 0.2) is 42.6 Å². The van der Waals surface area contributed by atoms with E-state index in [0.717, 1.165) is 11.6 Å². The second kappa shape index (κ2) is 6.92. The van der Waals surface area contributed by atoms with Crippen LogP contribution in [0.1, 0.15) is 44.9 Å². The number of nitrogens with two attached hydrogens (primary N) is 1. The van der Waals surface area contributed by atoms with Crippen LogP contribution in [-0.4, -0.2) is 4.57 Å². The van der Waals surface area contributed by atoms with Crippen LogP contribution in [0.5, 0.6) is 0 Å². The van der Waals surface area contributed by atoms with E-state index in [1.807, 2.05) is 10.8 Å². The van der Waals surface area contributed by atoms with Crippen molar-refractivity contribution in [2.75, 3.05) is 0 Å². The Labute approximate surface area is 162 Å². The van der Waals surface area contributed by atoms with Crippen LogP contribution >= 0.6 is 0 Å². The Hall–Kier alpha value is -2.34. The normalized spacial score (nSPS) is 13.9. The Bertz CT molecular complexity index is 1010. The van der Waals surface area contributed by atoms with Gasteiger partial charge >= 0.3 is 6.18 Å². The molecule has 1 aromatic heterocycles. The molecule has 2 N–H and O–H groups in total. The van der Waals surface area contributed by atoms with Gasteiger partial charge in [-0.05, 0) is 41.7 Å². The molecule has 0 saturated carbocycles. The summed E-state index contributed by atoms with van der Waals surface area (Å²) in [6.07, 6.45) is -2.69. The second-order valence-corrected chi connectivity index (χ2v) is 8.45. The molecule has 0 bridgehead atoms. The summed E-state index contributed by atoms with van der Waals surface area (Å²) in [4.78, 5) is 0. The molecule has 0 aliphatic rings. The van der Waals surface area contributed by atoms with E-state index in [-0.39, 0.29) is 22.6 Å². The zero-order chi connectivity index (χ0) is 20.9. The van der Waals surface area contributed by atoms with Crippen LogP contribution in [0, 0.1) is 11.2 Å². The molecular formula is C22H24F4N2. The maximum absolute atomic E-state index is 14.9. The third-order valence-corrected chi connectivity index (χ3v) is 4.66. The van der Waals surface area contributed by atoms with Crippen molar-refractivity contribution in [2.24, 2.45) is 11.1 Å². The van der Waals surface area contributed by atoms with Crippen molar-refractivity contribution in [1.29, 1.82) is 0 Å². The molecule has 3 aromatic rings. The number of hydrogen-bond donors (Lipinski definition) is 1. The number of hydrogen-bond acceptors (Lipinski definition) is 1. The molecule has 0 amide bonds. The van der Waals surface area contributed by atoms with Gasteiger partial charge in [0.2, 0.25) is 0 Å². The minimum absolute atomic E-state index is 0.0649. The van der Waals surface area contributed by atoms with Crippen molar-refractivity contribution in [1.82, 2.24) is 4.57 Å². The molecule has 1 heterocycles. The first-order chi connectivity index (χ1) is 12.9. The van der Waals surface area contributed by atoms with Crippen molar-refractivity contribution >= 4 is 10.9 Å². The van der Waals surface area contributed by atoms with E-state index >= 15 is 0 Å². The van der Waals surface area contributed by atoms with Crippen molar-refractivity contribution in [3.63, 3.8) is 0 Å². The molecule has 0 unspecified atom stereocenters. The van der Waals surface area contributed by atoms with Gasteiger partial charge in [-0.2, -0.15) is 13.2 Å². The van der Waals surface area contributed by atoms with E-state index in [0.29, 0.717) is 17.4 Å². The maximum atomic E-state index is 14.9. The number of halogens is 4. The zero-order valence-electron chi connectivity index (χ0n) is 16.4. The quantitative estimate of drug-likeness (QED) is 0.505. The first kappa shape index (κ1) is 20.4. The molecule has 3 rings (SSSR count). The number of benzene rings is 2. The smallest absolute Gasteiger partial charge is 0.347 e. The highest BCUT2D eigenvalue weighted by Gasteiger charge is 2.34. The molecular weight excluding hydrogens is 368 g/mol. The first-order valence-corrected chi connectivity index (χ1v) is 9.13. The van der Waals surface area contributed by atoms with Gasteiger partial charge in [-0.25, -0.2) is 4.39 Å². The second-order valence-electron chi connectivity index (χ2n) is 8.45. The molecule has 0 spiro atoms. The third kappa shape index (κ3) is 3.92. The number of nitrogens with zero attached hydrogens (tertiary/aromatic N) is 1. The Morgan fingerprint density at radius 2 is 1.68 bits per heavy atom. The predicted molar refractivity (Wildman–Crippen MR) is 104 cm³/mol. The fraction of sp³-hybridized carbons (Fsp3) is 0.364. The molecule has 28 heavy (non-hydrogen) atoms. The minimum atomic E-state index is -4.57. The molecule has 1 atom stereocenters. The number of rotatable bonds is 3. The molecule has 2 aromatic carbocycles. The fourth-order valence-electron chi connectivity index (χ4n) is 3.51. The van der Waals surface area contributed by atoms with Crippen molar-refractivity contribution in [3.8, 4) is 11.1 Å². The summed E-state index contributed by atoms with van der Waals surface area (Å²) in [5, 5.41) is 0.630. The van der Waals surface area contributed by atoms with Crippen LogP contribution < -0.4 is 5.73 Å². The highest BCUT2D eigenvalue weighted by Crippen LogP contribution is 2.40. The van der Waals surface area contributed by atoms with Crippen molar-refractivity contribution in [3.05, 3.63) is 59.5 Å². The molecule has 0 aliphatic heterocycles. The van der Waals surface area contributed by atoms with Gasteiger partial charge in [0.1, 0.15) is 5.82 Å². The number of aromatic nitrogens is 1. The molecule has 6 heteroatoms. The topological polar surface area (TPSA) is 30.9 Å². The Balaban J connectivity index is 2.30. The largest absolute Gasteiger partial charge is 0.417 e. The highest BCUT2D eigenvalue weighted by atomic mass is 19.4. The SMILES string of the molecule is C[C@@H](N)c1cn(CC(C)(C)C)c2cc(-c3ccccc3C(F)(F)F)c(F)cc12. The summed E-state index contributed by atoms with van der Waals surface area (Å²) in [6.45, 7) is 8.62. The Morgan fingerprint density at radius 3 is 2.25 bits per heavy atom. The lowest BCUT2D eigenvalue weighted by Crippen LogP contribution is -2.15. The lowest BCUT2D eigenvalue weighted by Gasteiger charge is -2.20. The lowest BCUT2D eigenvalue weighted by atomic mass is 9.96. The zero-order valence-corrected chi connectivity index (χ0v) is 16.4. The van der Waals surface area contributed by atoms with Gasteiger partial charge in [0, 0.05) is 35.2 Å². The summed E-state index contributed by atoms with van der Waals surface area (Å²) in [5.41, 5.74) is 6.35. The minimum Gasteiger partial charge on any atom is -0.347 e. The van der Waals surface area contributed by atoms with Gasteiger partial charge in [0.15, 0.2) is 0 Å². The van der Waals surface area contributed by atoms with Crippen LogP contribution in [0.3, 0.4) is 0 Å². The fourth-order valence-corrected chi connectivity index (χ4v) is 3.51. The van der Waals surface area contributed by atoms with Gasteiger partial charge in [0.25, 0.3) is 0 Å². The average Bonchev–Trinajstić information content (AvgIpc) is 2.89.